The summed E-state index contributed by atoms with van der Waals surface area (Å²) in [7, 11) is 0. The van der Waals surface area contributed by atoms with Crippen LogP contribution in [0.25, 0.3) is 0 Å². The molecule has 22 heavy (non-hydrogen) atoms. The second-order valence-electron chi connectivity index (χ2n) is 4.94. The molecule has 2 N–H and O–H groups in total. The second kappa shape index (κ2) is 7.35. The Balaban J connectivity index is 2.01. The van der Waals surface area contributed by atoms with Gasteiger partial charge in [-0.3, -0.25) is 4.79 Å². The predicted molar refractivity (Wildman–Crippen MR) is 79.4 cm³/mol. The second-order valence-corrected chi connectivity index (χ2v) is 4.94. The molecule has 0 saturated heterocycles. The number of benzene rings is 1. The van der Waals surface area contributed by atoms with Gasteiger partial charge < -0.3 is 10.4 Å². The van der Waals surface area contributed by atoms with Crippen molar-refractivity contribution in [1.29, 1.82) is 0 Å². The van der Waals surface area contributed by atoms with Gasteiger partial charge in [0.1, 0.15) is 6.04 Å². The zero-order chi connectivity index (χ0) is 15.9. The van der Waals surface area contributed by atoms with Crippen molar-refractivity contribution in [3.8, 4) is 0 Å². The quantitative estimate of drug-likeness (QED) is 0.803. The van der Waals surface area contributed by atoms with Gasteiger partial charge in [-0.25, -0.2) is 9.48 Å². The average Bonchev–Trinajstić information content (AvgIpc) is 2.96. The lowest BCUT2D eigenvalue weighted by molar-refractivity contribution is -0.139. The zero-order valence-corrected chi connectivity index (χ0v) is 12.3. The van der Waals surface area contributed by atoms with Crippen LogP contribution in [-0.4, -0.2) is 38.0 Å². The standard InChI is InChI=1S/C15H18N4O3/c1-2-6-12(15(21)22)16-14(20)13-10-19(18-17-13)9-11-7-4-3-5-8-11/h3-5,7-8,10,12H,2,6,9H2,1H3,(H,16,20)(H,21,22). The molecule has 1 aromatic heterocycles. The Labute approximate surface area is 128 Å². The number of amides is 1. The van der Waals surface area contributed by atoms with Crippen molar-refractivity contribution in [3.63, 3.8) is 0 Å². The fraction of sp³-hybridized carbons (Fsp3) is 0.333. The summed E-state index contributed by atoms with van der Waals surface area (Å²) in [5.74, 6) is -1.58. The maximum absolute atomic E-state index is 12.0. The molecule has 7 nitrogen and oxygen atoms in total. The van der Waals surface area contributed by atoms with Gasteiger partial charge in [0.15, 0.2) is 5.69 Å². The van der Waals surface area contributed by atoms with Crippen molar-refractivity contribution in [2.45, 2.75) is 32.4 Å². The van der Waals surface area contributed by atoms with E-state index in [1.54, 1.807) is 4.68 Å². The van der Waals surface area contributed by atoms with Crippen LogP contribution < -0.4 is 5.32 Å². The molecule has 0 saturated carbocycles. The lowest BCUT2D eigenvalue weighted by atomic mass is 10.1. The van der Waals surface area contributed by atoms with E-state index in [0.29, 0.717) is 19.4 Å². The van der Waals surface area contributed by atoms with Crippen molar-refractivity contribution < 1.29 is 14.7 Å². The highest BCUT2D eigenvalue weighted by atomic mass is 16.4. The van der Waals surface area contributed by atoms with E-state index >= 15 is 0 Å². The van der Waals surface area contributed by atoms with Crippen molar-refractivity contribution in [1.82, 2.24) is 20.3 Å². The largest absolute Gasteiger partial charge is 0.480 e. The zero-order valence-electron chi connectivity index (χ0n) is 12.3. The molecule has 1 atom stereocenters. The molecular formula is C15H18N4O3. The third-order valence-electron chi connectivity index (χ3n) is 3.14. The molecule has 1 aromatic carbocycles. The third-order valence-corrected chi connectivity index (χ3v) is 3.14. The Morgan fingerprint density at radius 1 is 1.32 bits per heavy atom. The third kappa shape index (κ3) is 4.15. The first kappa shape index (κ1) is 15.7. The Kier molecular flexibility index (Phi) is 5.24. The van der Waals surface area contributed by atoms with Crippen LogP contribution in [0.4, 0.5) is 0 Å². The molecule has 0 spiro atoms. The van der Waals surface area contributed by atoms with Gasteiger partial charge in [0, 0.05) is 0 Å². The first-order chi connectivity index (χ1) is 10.6. The van der Waals surface area contributed by atoms with E-state index in [1.165, 1.54) is 6.20 Å². The molecule has 1 unspecified atom stereocenters. The smallest absolute Gasteiger partial charge is 0.326 e. The molecular weight excluding hydrogens is 284 g/mol. The molecule has 0 aliphatic rings. The number of carbonyl (C=O) groups excluding carboxylic acids is 1. The first-order valence-corrected chi connectivity index (χ1v) is 7.08. The highest BCUT2D eigenvalue weighted by molar-refractivity contribution is 5.94. The molecule has 7 heteroatoms. The van der Waals surface area contributed by atoms with Crippen LogP contribution in [0.15, 0.2) is 36.5 Å². The van der Waals surface area contributed by atoms with Crippen LogP contribution in [-0.2, 0) is 11.3 Å². The van der Waals surface area contributed by atoms with Gasteiger partial charge in [0.05, 0.1) is 12.7 Å². The number of nitrogens with zero attached hydrogens (tertiary/aromatic N) is 3. The number of aliphatic carboxylic acids is 1. The number of nitrogens with one attached hydrogen (secondary N) is 1. The summed E-state index contributed by atoms with van der Waals surface area (Å²) in [6, 6.07) is 8.75. The molecule has 2 rings (SSSR count). The maximum Gasteiger partial charge on any atom is 0.326 e. The monoisotopic (exact) mass is 302 g/mol. The number of hydrogen-bond acceptors (Lipinski definition) is 4. The Morgan fingerprint density at radius 2 is 2.05 bits per heavy atom. The van der Waals surface area contributed by atoms with Gasteiger partial charge in [0.25, 0.3) is 5.91 Å². The molecule has 0 radical (unpaired) electrons. The predicted octanol–water partition coefficient (Wildman–Crippen LogP) is 1.31. The summed E-state index contributed by atoms with van der Waals surface area (Å²) in [5.41, 5.74) is 1.15. The number of rotatable bonds is 7. The number of carboxylic acid groups (broad SMARTS) is 1. The van der Waals surface area contributed by atoms with Gasteiger partial charge in [-0.15, -0.1) is 5.10 Å². The van der Waals surface area contributed by atoms with Crippen molar-refractivity contribution in [3.05, 3.63) is 47.8 Å². The van der Waals surface area contributed by atoms with Gasteiger partial charge in [0.2, 0.25) is 0 Å². The molecule has 0 aliphatic carbocycles. The minimum Gasteiger partial charge on any atom is -0.480 e. The molecule has 0 fully saturated rings. The minimum absolute atomic E-state index is 0.110. The van der Waals surface area contributed by atoms with Crippen molar-refractivity contribution >= 4 is 11.9 Å². The van der Waals surface area contributed by atoms with E-state index in [4.69, 9.17) is 5.11 Å². The van der Waals surface area contributed by atoms with E-state index < -0.39 is 17.9 Å². The summed E-state index contributed by atoms with van der Waals surface area (Å²) in [6.07, 6.45) is 2.55. The summed E-state index contributed by atoms with van der Waals surface area (Å²) < 4.78 is 1.54. The van der Waals surface area contributed by atoms with Gasteiger partial charge in [-0.1, -0.05) is 48.9 Å². The van der Waals surface area contributed by atoms with E-state index in [9.17, 15) is 9.59 Å². The number of hydrogen-bond donors (Lipinski definition) is 2. The number of aromatic nitrogens is 3. The van der Waals surface area contributed by atoms with E-state index in [2.05, 4.69) is 15.6 Å². The molecule has 2 aromatic rings. The lowest BCUT2D eigenvalue weighted by Gasteiger charge is -2.11. The Morgan fingerprint density at radius 3 is 2.68 bits per heavy atom. The molecule has 0 bridgehead atoms. The summed E-state index contributed by atoms with van der Waals surface area (Å²) >= 11 is 0. The number of carboxylic acids is 1. The summed E-state index contributed by atoms with van der Waals surface area (Å²) in [6.45, 7) is 2.36. The maximum atomic E-state index is 12.0. The van der Waals surface area contributed by atoms with Gasteiger partial charge in [-0.05, 0) is 12.0 Å². The van der Waals surface area contributed by atoms with E-state index in [-0.39, 0.29) is 5.69 Å². The van der Waals surface area contributed by atoms with E-state index in [0.717, 1.165) is 5.56 Å². The Hall–Kier alpha value is -2.70. The van der Waals surface area contributed by atoms with Crippen LogP contribution in [0.3, 0.4) is 0 Å². The average molecular weight is 302 g/mol. The highest BCUT2D eigenvalue weighted by Gasteiger charge is 2.21. The van der Waals surface area contributed by atoms with Crippen LogP contribution in [0, 0.1) is 0 Å². The topological polar surface area (TPSA) is 97.1 Å². The summed E-state index contributed by atoms with van der Waals surface area (Å²) in [5, 5.41) is 19.2. The van der Waals surface area contributed by atoms with Crippen LogP contribution in [0.1, 0.15) is 35.8 Å². The van der Waals surface area contributed by atoms with Crippen LogP contribution in [0.5, 0.6) is 0 Å². The fourth-order valence-corrected chi connectivity index (χ4v) is 2.03. The van der Waals surface area contributed by atoms with Gasteiger partial charge >= 0.3 is 5.97 Å². The Bertz CT molecular complexity index is 639. The minimum atomic E-state index is -1.05. The fourth-order valence-electron chi connectivity index (χ4n) is 2.03. The highest BCUT2D eigenvalue weighted by Crippen LogP contribution is 2.03. The molecule has 116 valence electrons. The van der Waals surface area contributed by atoms with Crippen molar-refractivity contribution in [2.24, 2.45) is 0 Å². The van der Waals surface area contributed by atoms with Crippen LogP contribution >= 0.6 is 0 Å². The normalized spacial score (nSPS) is 11.9. The van der Waals surface area contributed by atoms with Gasteiger partial charge in [-0.2, -0.15) is 0 Å². The SMILES string of the molecule is CCCC(NC(=O)c1cn(Cc2ccccc2)nn1)C(=O)O. The number of carbonyl (C=O) groups is 2. The lowest BCUT2D eigenvalue weighted by Crippen LogP contribution is -2.40. The van der Waals surface area contributed by atoms with Crippen molar-refractivity contribution in [2.75, 3.05) is 0 Å². The summed E-state index contributed by atoms with van der Waals surface area (Å²) in [4.78, 5) is 23.1. The van der Waals surface area contributed by atoms with Crippen LogP contribution in [0.2, 0.25) is 0 Å². The molecule has 1 amide bonds. The van der Waals surface area contributed by atoms with E-state index in [1.807, 2.05) is 37.3 Å². The molecule has 1 heterocycles. The first-order valence-electron chi connectivity index (χ1n) is 7.08. The molecule has 0 aliphatic heterocycles.